The van der Waals surface area contributed by atoms with Crippen LogP contribution in [-0.4, -0.2) is 46.1 Å². The number of alkyl halides is 3. The number of amides is 1. The van der Waals surface area contributed by atoms with E-state index in [1.807, 2.05) is 0 Å². The number of carbonyl (C=O) groups is 1. The Bertz CT molecular complexity index is 1280. The number of nitrogens with one attached hydrogen (secondary N) is 3. The number of aromatic amines is 1. The molecule has 0 saturated carbocycles. The van der Waals surface area contributed by atoms with Crippen molar-refractivity contribution in [3.63, 3.8) is 0 Å². The lowest BCUT2D eigenvalue weighted by molar-refractivity contribution is -0.138. The number of nitrogens with zero attached hydrogens (tertiary/aromatic N) is 3. The molecule has 174 valence electrons. The summed E-state index contributed by atoms with van der Waals surface area (Å²) in [5.41, 5.74) is 0.459. The minimum atomic E-state index is -4.55. The molecule has 3 aromatic rings. The third-order valence-corrected chi connectivity index (χ3v) is 4.45. The SMILES string of the molecule is CN(C)Cc1ccc(NC(=O)c2cncc(C#Cc3cnc(/C=C\C=N)[nH]3)c2)cc1C(F)(F)F. The summed E-state index contributed by atoms with van der Waals surface area (Å²) >= 11 is 0. The zero-order valence-electron chi connectivity index (χ0n) is 18.4. The van der Waals surface area contributed by atoms with E-state index in [0.29, 0.717) is 17.1 Å². The van der Waals surface area contributed by atoms with Gasteiger partial charge >= 0.3 is 6.18 Å². The normalized spacial score (nSPS) is 11.4. The Morgan fingerprint density at radius 3 is 2.71 bits per heavy atom. The Morgan fingerprint density at radius 1 is 1.21 bits per heavy atom. The highest BCUT2D eigenvalue weighted by molar-refractivity contribution is 6.04. The molecule has 0 radical (unpaired) electrons. The van der Waals surface area contributed by atoms with Gasteiger partial charge < -0.3 is 20.6 Å². The standard InChI is InChI=1S/C24H21F3N6O/c1-33(2)15-17-6-8-19(11-21(17)24(25,26)27)32-23(34)18-10-16(12-29-13-18)5-7-20-14-30-22(31-20)4-3-9-28/h3-4,6,8-14,28H,15H2,1-2H3,(H,30,31)(H,32,34)/b4-3-,28-9?. The van der Waals surface area contributed by atoms with E-state index in [2.05, 4.69) is 32.1 Å². The fourth-order valence-electron chi connectivity index (χ4n) is 3.00. The summed E-state index contributed by atoms with van der Waals surface area (Å²) in [6.45, 7) is 0.116. The maximum Gasteiger partial charge on any atom is 0.416 e. The molecule has 3 rings (SSSR count). The number of pyridine rings is 1. The van der Waals surface area contributed by atoms with Gasteiger partial charge in [0.2, 0.25) is 0 Å². The predicted molar refractivity (Wildman–Crippen MR) is 123 cm³/mol. The van der Waals surface area contributed by atoms with Gasteiger partial charge in [0.05, 0.1) is 17.3 Å². The van der Waals surface area contributed by atoms with Crippen molar-refractivity contribution in [2.75, 3.05) is 19.4 Å². The van der Waals surface area contributed by atoms with E-state index in [1.54, 1.807) is 25.1 Å². The number of hydrogen-bond donors (Lipinski definition) is 3. The first kappa shape index (κ1) is 24.4. The fourth-order valence-corrected chi connectivity index (χ4v) is 3.00. The van der Waals surface area contributed by atoms with E-state index in [1.165, 1.54) is 42.9 Å². The second-order valence-electron chi connectivity index (χ2n) is 7.48. The number of halogens is 3. The second-order valence-corrected chi connectivity index (χ2v) is 7.48. The highest BCUT2D eigenvalue weighted by Gasteiger charge is 2.33. The first-order valence-corrected chi connectivity index (χ1v) is 10.0. The summed E-state index contributed by atoms with van der Waals surface area (Å²) in [4.78, 5) is 25.3. The molecule has 2 heterocycles. The van der Waals surface area contributed by atoms with Crippen molar-refractivity contribution >= 4 is 23.9 Å². The largest absolute Gasteiger partial charge is 0.416 e. The Kier molecular flexibility index (Phi) is 7.60. The van der Waals surface area contributed by atoms with E-state index >= 15 is 0 Å². The summed E-state index contributed by atoms with van der Waals surface area (Å²) in [5.74, 6) is 5.65. The van der Waals surface area contributed by atoms with Gasteiger partial charge in [0.25, 0.3) is 5.91 Å². The van der Waals surface area contributed by atoms with E-state index in [4.69, 9.17) is 5.41 Å². The third-order valence-electron chi connectivity index (χ3n) is 4.45. The smallest absolute Gasteiger partial charge is 0.332 e. The third kappa shape index (κ3) is 6.63. The lowest BCUT2D eigenvalue weighted by atomic mass is 10.1. The molecule has 0 saturated heterocycles. The van der Waals surface area contributed by atoms with Crippen molar-refractivity contribution in [3.05, 3.63) is 82.7 Å². The molecular weight excluding hydrogens is 445 g/mol. The molecule has 0 aliphatic heterocycles. The van der Waals surface area contributed by atoms with Crippen LogP contribution < -0.4 is 5.32 Å². The number of carbonyl (C=O) groups excluding carboxylic acids is 1. The van der Waals surface area contributed by atoms with Gasteiger partial charge in [-0.2, -0.15) is 13.2 Å². The van der Waals surface area contributed by atoms with Crippen LogP contribution in [0.4, 0.5) is 18.9 Å². The lowest BCUT2D eigenvalue weighted by Crippen LogP contribution is -2.18. The van der Waals surface area contributed by atoms with Gasteiger partial charge in [-0.25, -0.2) is 4.98 Å². The number of anilines is 1. The molecule has 3 N–H and O–H groups in total. The van der Waals surface area contributed by atoms with Crippen LogP contribution >= 0.6 is 0 Å². The van der Waals surface area contributed by atoms with Crippen LogP contribution in [0, 0.1) is 17.3 Å². The number of benzene rings is 1. The van der Waals surface area contributed by atoms with Gasteiger partial charge in [-0.1, -0.05) is 12.0 Å². The topological polar surface area (TPSA) is 97.8 Å². The highest BCUT2D eigenvalue weighted by atomic mass is 19.4. The fraction of sp³-hybridized carbons (Fsp3) is 0.167. The second kappa shape index (κ2) is 10.6. The van der Waals surface area contributed by atoms with Crippen LogP contribution in [0.5, 0.6) is 0 Å². The highest BCUT2D eigenvalue weighted by Crippen LogP contribution is 2.34. The molecule has 2 aromatic heterocycles. The summed E-state index contributed by atoms with van der Waals surface area (Å²) in [5, 5.41) is 9.47. The average Bonchev–Trinajstić information content (AvgIpc) is 3.24. The number of hydrogen-bond acceptors (Lipinski definition) is 5. The van der Waals surface area contributed by atoms with Gasteiger partial charge in [-0.15, -0.1) is 0 Å². The summed E-state index contributed by atoms with van der Waals surface area (Å²) in [6, 6.07) is 5.21. The molecular formula is C24H21F3N6O. The Morgan fingerprint density at radius 2 is 2.00 bits per heavy atom. The van der Waals surface area contributed by atoms with Crippen LogP contribution in [0.3, 0.4) is 0 Å². The Balaban J connectivity index is 1.78. The van der Waals surface area contributed by atoms with E-state index in [0.717, 1.165) is 12.3 Å². The zero-order valence-corrected chi connectivity index (χ0v) is 18.4. The van der Waals surface area contributed by atoms with Crippen molar-refractivity contribution in [3.8, 4) is 11.8 Å². The van der Waals surface area contributed by atoms with Crippen molar-refractivity contribution < 1.29 is 18.0 Å². The van der Waals surface area contributed by atoms with Crippen LogP contribution in [0.15, 0.2) is 48.9 Å². The lowest BCUT2D eigenvalue weighted by Gasteiger charge is -2.17. The first-order chi connectivity index (χ1) is 16.2. The van der Waals surface area contributed by atoms with Crippen LogP contribution in [0.1, 0.15) is 38.6 Å². The summed E-state index contributed by atoms with van der Waals surface area (Å²) in [6.07, 6.45) is 4.00. The molecule has 0 fully saturated rings. The van der Waals surface area contributed by atoms with Crippen molar-refractivity contribution in [2.24, 2.45) is 0 Å². The molecule has 1 aromatic carbocycles. The molecule has 0 spiro atoms. The first-order valence-electron chi connectivity index (χ1n) is 10.0. The van der Waals surface area contributed by atoms with Crippen LogP contribution in [-0.2, 0) is 12.7 Å². The molecule has 0 aliphatic rings. The molecule has 1 amide bonds. The summed E-state index contributed by atoms with van der Waals surface area (Å²) < 4.78 is 40.5. The van der Waals surface area contributed by atoms with Crippen molar-refractivity contribution in [1.29, 1.82) is 5.41 Å². The van der Waals surface area contributed by atoms with Gasteiger partial charge in [-0.3, -0.25) is 9.78 Å². The number of imidazole rings is 1. The Labute approximate surface area is 194 Å². The number of aromatic nitrogens is 3. The maximum atomic E-state index is 13.5. The number of rotatable bonds is 6. The molecule has 0 unspecified atom stereocenters. The predicted octanol–water partition coefficient (Wildman–Crippen LogP) is 4.20. The van der Waals surface area contributed by atoms with Gasteiger partial charge in [-0.05, 0) is 55.9 Å². The zero-order chi connectivity index (χ0) is 24.7. The monoisotopic (exact) mass is 466 g/mol. The van der Waals surface area contributed by atoms with E-state index in [-0.39, 0.29) is 23.4 Å². The number of allylic oxidation sites excluding steroid dienone is 1. The number of H-pyrrole nitrogens is 1. The van der Waals surface area contributed by atoms with Crippen LogP contribution in [0.25, 0.3) is 6.08 Å². The quantitative estimate of drug-likeness (QED) is 0.375. The average molecular weight is 466 g/mol. The van der Waals surface area contributed by atoms with Gasteiger partial charge in [0, 0.05) is 36.4 Å². The van der Waals surface area contributed by atoms with Gasteiger partial charge in [0.1, 0.15) is 11.5 Å². The van der Waals surface area contributed by atoms with E-state index < -0.39 is 17.6 Å². The molecule has 0 atom stereocenters. The maximum absolute atomic E-state index is 13.5. The molecule has 0 aliphatic carbocycles. The minimum Gasteiger partial charge on any atom is -0.332 e. The van der Waals surface area contributed by atoms with Gasteiger partial charge in [0.15, 0.2) is 0 Å². The Hall–Kier alpha value is -4.23. The molecule has 10 heteroatoms. The van der Waals surface area contributed by atoms with Crippen molar-refractivity contribution in [2.45, 2.75) is 12.7 Å². The van der Waals surface area contributed by atoms with E-state index in [9.17, 15) is 18.0 Å². The molecule has 34 heavy (non-hydrogen) atoms. The molecule has 0 bridgehead atoms. The summed E-state index contributed by atoms with van der Waals surface area (Å²) in [7, 11) is 3.36. The molecule has 7 nitrogen and oxygen atoms in total. The minimum absolute atomic E-state index is 0.0271. The van der Waals surface area contributed by atoms with Crippen molar-refractivity contribution in [1.82, 2.24) is 19.9 Å². The van der Waals surface area contributed by atoms with Crippen LogP contribution in [0.2, 0.25) is 0 Å².